The number of nitrogens with zero attached hydrogens (tertiary/aromatic N) is 2. The van der Waals surface area contributed by atoms with Gasteiger partial charge < -0.3 is 9.97 Å². The summed E-state index contributed by atoms with van der Waals surface area (Å²) in [6, 6.07) is 16.3. The van der Waals surface area contributed by atoms with Gasteiger partial charge in [-0.05, 0) is 24.3 Å². The molecule has 23 heavy (non-hydrogen) atoms. The highest BCUT2D eigenvalue weighted by Crippen LogP contribution is 2.21. The fourth-order valence-corrected chi connectivity index (χ4v) is 4.28. The molecule has 0 aliphatic heterocycles. The minimum absolute atomic E-state index is 0.905. The van der Waals surface area contributed by atoms with Gasteiger partial charge in [0.2, 0.25) is 0 Å². The van der Waals surface area contributed by atoms with Gasteiger partial charge in [0.05, 0.1) is 33.6 Å². The molecule has 2 N–H and O–H groups in total. The third-order valence-electron chi connectivity index (χ3n) is 3.52. The topological polar surface area (TPSA) is 57.4 Å². The van der Waals surface area contributed by atoms with Crippen molar-refractivity contribution in [3.8, 4) is 0 Å². The van der Waals surface area contributed by atoms with Crippen molar-refractivity contribution in [3.05, 3.63) is 60.2 Å². The number of aromatic amines is 2. The van der Waals surface area contributed by atoms with Crippen LogP contribution in [0.2, 0.25) is 0 Å². The number of imidazole rings is 2. The van der Waals surface area contributed by atoms with Crippen molar-refractivity contribution in [1.82, 2.24) is 19.9 Å². The maximum absolute atomic E-state index is 4.59. The number of rotatable bonds is 6. The maximum Gasteiger partial charge on any atom is 0.117 e. The second kappa shape index (κ2) is 6.68. The Balaban J connectivity index is 1.27. The zero-order chi connectivity index (χ0) is 15.5. The van der Waals surface area contributed by atoms with E-state index >= 15 is 0 Å². The van der Waals surface area contributed by atoms with Crippen molar-refractivity contribution >= 4 is 45.6 Å². The van der Waals surface area contributed by atoms with Gasteiger partial charge in [-0.25, -0.2) is 9.97 Å². The molecule has 0 radical (unpaired) electrons. The lowest BCUT2D eigenvalue weighted by Crippen LogP contribution is -1.86. The van der Waals surface area contributed by atoms with Crippen LogP contribution < -0.4 is 0 Å². The maximum atomic E-state index is 4.59. The van der Waals surface area contributed by atoms with Crippen molar-refractivity contribution in [1.29, 1.82) is 0 Å². The highest BCUT2D eigenvalue weighted by molar-refractivity contribution is 8.15. The van der Waals surface area contributed by atoms with E-state index in [-0.39, 0.29) is 0 Å². The summed E-state index contributed by atoms with van der Waals surface area (Å²) in [7, 11) is 0. The number of fused-ring (bicyclic) bond motifs is 2. The van der Waals surface area contributed by atoms with Crippen LogP contribution >= 0.6 is 23.5 Å². The fourth-order valence-electron chi connectivity index (χ4n) is 2.48. The molecule has 0 spiro atoms. The molecule has 4 rings (SSSR count). The summed E-state index contributed by atoms with van der Waals surface area (Å²) in [5.74, 6) is 3.89. The van der Waals surface area contributed by atoms with E-state index in [0.29, 0.717) is 0 Å². The van der Waals surface area contributed by atoms with E-state index in [1.54, 1.807) is 0 Å². The molecule has 4 nitrogen and oxygen atoms in total. The zero-order valence-electron chi connectivity index (χ0n) is 12.5. The van der Waals surface area contributed by atoms with Crippen molar-refractivity contribution in [3.63, 3.8) is 0 Å². The molecule has 0 fully saturated rings. The average Bonchev–Trinajstić information content (AvgIpc) is 3.17. The van der Waals surface area contributed by atoms with E-state index in [1.165, 1.54) is 0 Å². The predicted molar refractivity (Wildman–Crippen MR) is 99.6 cm³/mol. The Kier molecular flexibility index (Phi) is 4.26. The second-order valence-electron chi connectivity index (χ2n) is 5.22. The van der Waals surface area contributed by atoms with Crippen LogP contribution in [-0.4, -0.2) is 25.0 Å². The van der Waals surface area contributed by atoms with Crippen LogP contribution in [0.25, 0.3) is 22.1 Å². The number of hydrogen-bond acceptors (Lipinski definition) is 4. The average molecular weight is 340 g/mol. The fraction of sp³-hybridized carbons (Fsp3) is 0.176. The summed E-state index contributed by atoms with van der Waals surface area (Å²) in [4.78, 5) is 15.9. The molecule has 2 heterocycles. The molecule has 0 unspecified atom stereocenters. The minimum atomic E-state index is 0.905. The van der Waals surface area contributed by atoms with Crippen LogP contribution in [0.4, 0.5) is 0 Å². The Bertz CT molecular complexity index is 786. The second-order valence-corrected chi connectivity index (χ2v) is 7.55. The van der Waals surface area contributed by atoms with E-state index in [4.69, 9.17) is 0 Å². The highest BCUT2D eigenvalue weighted by Gasteiger charge is 2.04. The van der Waals surface area contributed by atoms with Gasteiger partial charge in [-0.3, -0.25) is 0 Å². The quantitative estimate of drug-likeness (QED) is 0.399. The summed E-state index contributed by atoms with van der Waals surface area (Å²) in [5, 5.41) is 1.02. The molecular weight excluding hydrogens is 324 g/mol. The van der Waals surface area contributed by atoms with Gasteiger partial charge >= 0.3 is 0 Å². The van der Waals surface area contributed by atoms with Gasteiger partial charge in [0, 0.05) is 5.08 Å². The van der Waals surface area contributed by atoms with E-state index < -0.39 is 0 Å². The smallest absolute Gasteiger partial charge is 0.117 e. The lowest BCUT2D eigenvalue weighted by molar-refractivity contribution is 1.14. The number of aromatic nitrogens is 4. The number of para-hydroxylation sites is 4. The van der Waals surface area contributed by atoms with E-state index in [9.17, 15) is 0 Å². The number of hydrogen-bond donors (Lipinski definition) is 2. The third kappa shape index (κ3) is 3.38. The summed E-state index contributed by atoms with van der Waals surface area (Å²) in [6.45, 7) is 0. The van der Waals surface area contributed by atoms with Crippen molar-refractivity contribution in [2.45, 2.75) is 11.5 Å². The lowest BCUT2D eigenvalue weighted by Gasteiger charge is -1.98. The van der Waals surface area contributed by atoms with E-state index in [0.717, 1.165) is 50.3 Å². The molecule has 0 aliphatic carbocycles. The van der Waals surface area contributed by atoms with Crippen LogP contribution in [0.1, 0.15) is 11.6 Å². The summed E-state index contributed by atoms with van der Waals surface area (Å²) in [6.07, 6.45) is 0. The Morgan fingerprint density at radius 2 is 1.17 bits per heavy atom. The van der Waals surface area contributed by atoms with Crippen LogP contribution in [0, 0.1) is 0 Å². The van der Waals surface area contributed by atoms with Gasteiger partial charge in [0.25, 0.3) is 0 Å². The largest absolute Gasteiger partial charge is 0.341 e. The molecule has 6 heteroatoms. The summed E-state index contributed by atoms with van der Waals surface area (Å²) < 4.78 is 0. The third-order valence-corrected chi connectivity index (χ3v) is 5.81. The molecule has 0 atom stereocenters. The van der Waals surface area contributed by atoms with Crippen LogP contribution in [0.15, 0.2) is 48.5 Å². The molecule has 2 aromatic carbocycles. The first kappa shape index (κ1) is 14.7. The van der Waals surface area contributed by atoms with Gasteiger partial charge in [-0.2, -0.15) is 0 Å². The first-order valence-electron chi connectivity index (χ1n) is 7.41. The SMILES string of the molecule is c1ccc2[nH]c(CSCSCc3nc4ccccc4[nH]3)nc2c1. The Morgan fingerprint density at radius 3 is 1.65 bits per heavy atom. The molecule has 0 saturated carbocycles. The van der Waals surface area contributed by atoms with Gasteiger partial charge in [0.15, 0.2) is 0 Å². The molecule has 0 saturated heterocycles. The Labute approximate surface area is 142 Å². The normalized spacial score (nSPS) is 11.5. The standard InChI is InChI=1S/C17H16N4S2/c1-2-6-13-12(5-1)18-16(19-13)9-22-11-23-10-17-20-14-7-3-4-8-15(14)21-17/h1-8H,9-11H2,(H,18,19)(H,20,21). The monoisotopic (exact) mass is 340 g/mol. The minimum Gasteiger partial charge on any atom is -0.341 e. The number of nitrogens with one attached hydrogen (secondary N) is 2. The molecule has 0 amide bonds. The van der Waals surface area contributed by atoms with Crippen LogP contribution in [-0.2, 0) is 11.5 Å². The number of H-pyrrole nitrogens is 2. The Hall–Kier alpha value is -1.92. The van der Waals surface area contributed by atoms with E-state index in [2.05, 4.69) is 32.1 Å². The van der Waals surface area contributed by atoms with Gasteiger partial charge in [0.1, 0.15) is 11.6 Å². The van der Waals surface area contributed by atoms with Crippen LogP contribution in [0.5, 0.6) is 0 Å². The van der Waals surface area contributed by atoms with Crippen molar-refractivity contribution < 1.29 is 0 Å². The Morgan fingerprint density at radius 1 is 0.696 bits per heavy atom. The summed E-state index contributed by atoms with van der Waals surface area (Å²) in [5.41, 5.74) is 4.30. The van der Waals surface area contributed by atoms with Crippen molar-refractivity contribution in [2.75, 3.05) is 5.08 Å². The zero-order valence-corrected chi connectivity index (χ0v) is 14.1. The molecule has 0 aliphatic rings. The molecule has 0 bridgehead atoms. The number of benzene rings is 2. The predicted octanol–water partition coefficient (Wildman–Crippen LogP) is 4.56. The van der Waals surface area contributed by atoms with Crippen molar-refractivity contribution in [2.24, 2.45) is 0 Å². The van der Waals surface area contributed by atoms with Crippen LogP contribution in [0.3, 0.4) is 0 Å². The van der Waals surface area contributed by atoms with Gasteiger partial charge in [-0.1, -0.05) is 24.3 Å². The first-order chi connectivity index (χ1) is 11.4. The molecular formula is C17H16N4S2. The number of thioether (sulfide) groups is 2. The lowest BCUT2D eigenvalue weighted by atomic mass is 10.3. The van der Waals surface area contributed by atoms with E-state index in [1.807, 2.05) is 59.9 Å². The molecule has 2 aromatic heterocycles. The first-order valence-corrected chi connectivity index (χ1v) is 9.72. The summed E-state index contributed by atoms with van der Waals surface area (Å²) >= 11 is 3.75. The highest BCUT2D eigenvalue weighted by atomic mass is 32.2. The molecule has 4 aromatic rings. The van der Waals surface area contributed by atoms with Gasteiger partial charge in [-0.15, -0.1) is 23.5 Å². The molecule has 116 valence electrons.